The van der Waals surface area contributed by atoms with Gasteiger partial charge in [-0.05, 0) is 29.8 Å². The van der Waals surface area contributed by atoms with Crippen LogP contribution in [-0.4, -0.2) is 46.5 Å². The lowest BCUT2D eigenvalue weighted by molar-refractivity contribution is -0.140. The second-order valence-corrected chi connectivity index (χ2v) is 5.56. The third kappa shape index (κ3) is 3.00. The third-order valence-corrected chi connectivity index (χ3v) is 3.81. The van der Waals surface area contributed by atoms with Gasteiger partial charge in [0.2, 0.25) is 5.95 Å². The van der Waals surface area contributed by atoms with Crippen LogP contribution in [-0.2, 0) is 14.3 Å². The minimum atomic E-state index is -0.439. The molecule has 2 heterocycles. The van der Waals surface area contributed by atoms with Gasteiger partial charge in [0.1, 0.15) is 12.6 Å². The Labute approximate surface area is 139 Å². The van der Waals surface area contributed by atoms with Gasteiger partial charge >= 0.3 is 5.97 Å². The van der Waals surface area contributed by atoms with Crippen LogP contribution in [0.25, 0.3) is 0 Å². The Morgan fingerprint density at radius 1 is 1.33 bits per heavy atom. The Morgan fingerprint density at radius 2 is 2.17 bits per heavy atom. The van der Waals surface area contributed by atoms with E-state index >= 15 is 0 Å². The number of nitrogens with one attached hydrogen (secondary N) is 1. The van der Waals surface area contributed by atoms with Gasteiger partial charge in [-0.3, -0.25) is 0 Å². The van der Waals surface area contributed by atoms with Crippen molar-refractivity contribution in [2.45, 2.75) is 19.9 Å². The molecule has 0 saturated carbocycles. The largest absolute Gasteiger partial charge is 0.460 e. The van der Waals surface area contributed by atoms with Gasteiger partial charge in [-0.2, -0.15) is 4.68 Å². The number of hydrogen-bond acceptors (Lipinski definition) is 7. The van der Waals surface area contributed by atoms with E-state index in [1.165, 1.54) is 0 Å². The van der Waals surface area contributed by atoms with Crippen molar-refractivity contribution in [2.24, 2.45) is 0 Å². The molecule has 126 valence electrons. The molecule has 8 nitrogen and oxygen atoms in total. The molecule has 24 heavy (non-hydrogen) atoms. The highest BCUT2D eigenvalue weighted by Gasteiger charge is 2.34. The minimum Gasteiger partial charge on any atom is -0.460 e. The molecule has 1 aliphatic heterocycles. The number of carbonyl (C=O) groups excluding carboxylic acids is 1. The van der Waals surface area contributed by atoms with E-state index in [0.717, 1.165) is 11.1 Å². The number of esters is 1. The summed E-state index contributed by atoms with van der Waals surface area (Å²) in [5.74, 6) is 0.0807. The Bertz CT molecular complexity index is 784. The predicted molar refractivity (Wildman–Crippen MR) is 86.3 cm³/mol. The highest BCUT2D eigenvalue weighted by Crippen LogP contribution is 2.34. The van der Waals surface area contributed by atoms with Gasteiger partial charge in [-0.1, -0.05) is 34.9 Å². The first-order valence-electron chi connectivity index (χ1n) is 7.60. The zero-order valence-electron chi connectivity index (χ0n) is 13.8. The number of aryl methyl sites for hydroxylation is 1. The molecule has 1 atom stereocenters. The first-order chi connectivity index (χ1) is 11.6. The summed E-state index contributed by atoms with van der Waals surface area (Å²) in [5, 5.41) is 14.8. The molecule has 0 radical (unpaired) electrons. The van der Waals surface area contributed by atoms with Crippen LogP contribution in [0.5, 0.6) is 0 Å². The summed E-state index contributed by atoms with van der Waals surface area (Å²) in [6, 6.07) is 7.46. The SMILES string of the molecule is COCCOC(=O)C1=C(C)Nc2nnnn2[C@H]1c1cccc(C)c1. The molecule has 8 heteroatoms. The van der Waals surface area contributed by atoms with Crippen LogP contribution in [0.3, 0.4) is 0 Å². The summed E-state index contributed by atoms with van der Waals surface area (Å²) in [7, 11) is 1.56. The molecule has 1 aromatic carbocycles. The van der Waals surface area contributed by atoms with E-state index in [1.54, 1.807) is 11.8 Å². The summed E-state index contributed by atoms with van der Waals surface area (Å²) in [6.45, 7) is 4.35. The summed E-state index contributed by atoms with van der Waals surface area (Å²) >= 11 is 0. The van der Waals surface area contributed by atoms with Crippen LogP contribution in [0.15, 0.2) is 35.5 Å². The summed E-state index contributed by atoms with van der Waals surface area (Å²) in [6.07, 6.45) is 0. The van der Waals surface area contributed by atoms with E-state index in [4.69, 9.17) is 9.47 Å². The molecule has 0 amide bonds. The first-order valence-corrected chi connectivity index (χ1v) is 7.60. The Balaban J connectivity index is 2.02. The molecular weight excluding hydrogens is 310 g/mol. The van der Waals surface area contributed by atoms with Gasteiger partial charge < -0.3 is 14.8 Å². The first kappa shape index (κ1) is 16.1. The van der Waals surface area contributed by atoms with Gasteiger partial charge in [0, 0.05) is 12.8 Å². The molecular formula is C16H19N5O3. The second kappa shape index (κ2) is 6.79. The zero-order chi connectivity index (χ0) is 17.1. The molecule has 1 aliphatic rings. The van der Waals surface area contributed by atoms with E-state index in [-0.39, 0.29) is 6.61 Å². The maximum absolute atomic E-state index is 12.6. The van der Waals surface area contributed by atoms with Crippen LogP contribution in [0.2, 0.25) is 0 Å². The molecule has 0 fully saturated rings. The van der Waals surface area contributed by atoms with Crippen LogP contribution in [0.4, 0.5) is 5.95 Å². The number of tetrazole rings is 1. The summed E-state index contributed by atoms with van der Waals surface area (Å²) in [5.41, 5.74) is 3.16. The van der Waals surface area contributed by atoms with Crippen molar-refractivity contribution in [3.63, 3.8) is 0 Å². The van der Waals surface area contributed by atoms with Crippen molar-refractivity contribution in [3.8, 4) is 0 Å². The second-order valence-electron chi connectivity index (χ2n) is 5.56. The van der Waals surface area contributed by atoms with Crippen molar-refractivity contribution in [2.75, 3.05) is 25.6 Å². The normalized spacial score (nSPS) is 16.5. The van der Waals surface area contributed by atoms with Crippen molar-refractivity contribution in [3.05, 3.63) is 46.7 Å². The molecule has 1 N–H and O–H groups in total. The highest BCUT2D eigenvalue weighted by atomic mass is 16.6. The lowest BCUT2D eigenvalue weighted by Crippen LogP contribution is -2.30. The summed E-state index contributed by atoms with van der Waals surface area (Å²) in [4.78, 5) is 12.6. The number of anilines is 1. The maximum Gasteiger partial charge on any atom is 0.338 e. The topological polar surface area (TPSA) is 91.2 Å². The quantitative estimate of drug-likeness (QED) is 0.656. The van der Waals surface area contributed by atoms with Crippen molar-refractivity contribution < 1.29 is 14.3 Å². The van der Waals surface area contributed by atoms with E-state index in [1.807, 2.05) is 38.1 Å². The highest BCUT2D eigenvalue weighted by molar-refractivity contribution is 5.92. The lowest BCUT2D eigenvalue weighted by atomic mass is 9.95. The number of allylic oxidation sites excluding steroid dienone is 1. The van der Waals surface area contributed by atoms with Gasteiger partial charge in [-0.15, -0.1) is 0 Å². The van der Waals surface area contributed by atoms with Crippen LogP contribution in [0.1, 0.15) is 24.1 Å². The van der Waals surface area contributed by atoms with Crippen LogP contribution in [0, 0.1) is 6.92 Å². The van der Waals surface area contributed by atoms with Gasteiger partial charge in [0.05, 0.1) is 12.2 Å². The maximum atomic E-state index is 12.6. The standard InChI is InChI=1S/C16H19N5O3/c1-10-5-4-6-12(9-10)14-13(15(22)24-8-7-23-3)11(2)17-16-18-19-20-21(14)16/h4-6,9,14H,7-8H2,1-3H3,(H,17,18,20)/t14-/m0/s1. The average molecular weight is 329 g/mol. The summed E-state index contributed by atoms with van der Waals surface area (Å²) < 4.78 is 11.8. The average Bonchev–Trinajstić information content (AvgIpc) is 3.01. The third-order valence-electron chi connectivity index (χ3n) is 3.81. The fourth-order valence-electron chi connectivity index (χ4n) is 2.72. The smallest absolute Gasteiger partial charge is 0.338 e. The van der Waals surface area contributed by atoms with Crippen LogP contribution < -0.4 is 5.32 Å². The van der Waals surface area contributed by atoms with Crippen LogP contribution >= 0.6 is 0 Å². The van der Waals surface area contributed by atoms with Crippen molar-refractivity contribution in [1.29, 1.82) is 0 Å². The number of ether oxygens (including phenoxy) is 2. The lowest BCUT2D eigenvalue weighted by Gasteiger charge is -2.27. The number of rotatable bonds is 5. The Morgan fingerprint density at radius 3 is 2.92 bits per heavy atom. The molecule has 3 rings (SSSR count). The van der Waals surface area contributed by atoms with Gasteiger partial charge in [0.25, 0.3) is 0 Å². The van der Waals surface area contributed by atoms with E-state index < -0.39 is 12.0 Å². The van der Waals surface area contributed by atoms with E-state index in [0.29, 0.717) is 23.8 Å². The number of nitrogens with zero attached hydrogens (tertiary/aromatic N) is 4. The van der Waals surface area contributed by atoms with Crippen molar-refractivity contribution >= 4 is 11.9 Å². The number of benzene rings is 1. The molecule has 0 aliphatic carbocycles. The van der Waals surface area contributed by atoms with Gasteiger partial charge in [-0.25, -0.2) is 4.79 Å². The molecule has 2 aromatic rings. The Kier molecular flexibility index (Phi) is 4.57. The van der Waals surface area contributed by atoms with Gasteiger partial charge in [0.15, 0.2) is 0 Å². The Hall–Kier alpha value is -2.74. The number of aromatic nitrogens is 4. The number of fused-ring (bicyclic) bond motifs is 1. The van der Waals surface area contributed by atoms with Crippen molar-refractivity contribution in [1.82, 2.24) is 20.2 Å². The minimum absolute atomic E-state index is 0.190. The zero-order valence-corrected chi connectivity index (χ0v) is 13.8. The molecule has 0 spiro atoms. The fourth-order valence-corrected chi connectivity index (χ4v) is 2.72. The fraction of sp³-hybridized carbons (Fsp3) is 0.375. The molecule has 0 saturated heterocycles. The predicted octanol–water partition coefficient (Wildman–Crippen LogP) is 1.46. The van der Waals surface area contributed by atoms with E-state index in [2.05, 4.69) is 20.8 Å². The monoisotopic (exact) mass is 329 g/mol. The molecule has 0 unspecified atom stereocenters. The number of carbonyl (C=O) groups is 1. The molecule has 1 aromatic heterocycles. The molecule has 0 bridgehead atoms. The van der Waals surface area contributed by atoms with E-state index in [9.17, 15) is 4.79 Å². The number of methoxy groups -OCH3 is 1. The number of hydrogen-bond donors (Lipinski definition) is 1.